The van der Waals surface area contributed by atoms with E-state index in [4.69, 9.17) is 23.8 Å². The summed E-state index contributed by atoms with van der Waals surface area (Å²) in [7, 11) is 0. The second-order valence-electron chi connectivity index (χ2n) is 5.25. The van der Waals surface area contributed by atoms with Crippen molar-refractivity contribution in [1.82, 2.24) is 15.1 Å². The van der Waals surface area contributed by atoms with Crippen molar-refractivity contribution in [2.75, 3.05) is 11.9 Å². The zero-order valence-corrected chi connectivity index (χ0v) is 16.3. The molecule has 0 aliphatic rings. The molecule has 25 heavy (non-hydrogen) atoms. The van der Waals surface area contributed by atoms with Gasteiger partial charge in [-0.3, -0.25) is 4.68 Å². The van der Waals surface area contributed by atoms with Gasteiger partial charge in [-0.1, -0.05) is 27.5 Å². The number of hydrogen-bond acceptors (Lipinski definition) is 2. The van der Waals surface area contributed by atoms with E-state index in [9.17, 15) is 13.2 Å². The highest BCUT2D eigenvalue weighted by molar-refractivity contribution is 9.10. The minimum absolute atomic E-state index is 0.358. The van der Waals surface area contributed by atoms with Gasteiger partial charge in [-0.25, -0.2) is 0 Å². The number of hydrogen-bond donors (Lipinski definition) is 2. The van der Waals surface area contributed by atoms with Crippen LogP contribution in [0.25, 0.3) is 0 Å². The van der Waals surface area contributed by atoms with Crippen LogP contribution in [0.5, 0.6) is 0 Å². The van der Waals surface area contributed by atoms with Crippen molar-refractivity contribution in [3.8, 4) is 0 Å². The molecule has 1 aromatic carbocycles. The van der Waals surface area contributed by atoms with Gasteiger partial charge in [0.15, 0.2) is 10.8 Å². The van der Waals surface area contributed by atoms with Crippen molar-refractivity contribution < 1.29 is 13.2 Å². The van der Waals surface area contributed by atoms with E-state index in [-0.39, 0.29) is 0 Å². The molecule has 136 valence electrons. The van der Waals surface area contributed by atoms with Gasteiger partial charge in [0.2, 0.25) is 0 Å². The summed E-state index contributed by atoms with van der Waals surface area (Å²) in [5.74, 6) is 0. The van der Waals surface area contributed by atoms with Crippen LogP contribution < -0.4 is 10.6 Å². The number of nitrogens with zero attached hydrogens (tertiary/aromatic N) is 2. The third-order valence-corrected chi connectivity index (χ3v) is 4.34. The third kappa shape index (κ3) is 5.86. The van der Waals surface area contributed by atoms with E-state index in [2.05, 4.69) is 31.7 Å². The molecule has 1 aromatic heterocycles. The normalized spacial score (nSPS) is 11.4. The van der Waals surface area contributed by atoms with Gasteiger partial charge < -0.3 is 10.6 Å². The van der Waals surface area contributed by atoms with Gasteiger partial charge in [0.05, 0.1) is 10.7 Å². The van der Waals surface area contributed by atoms with Crippen LogP contribution in [0.15, 0.2) is 28.7 Å². The van der Waals surface area contributed by atoms with E-state index >= 15 is 0 Å². The van der Waals surface area contributed by atoms with Crippen LogP contribution in [0.2, 0.25) is 5.02 Å². The smallest absolute Gasteiger partial charge is 0.362 e. The zero-order valence-electron chi connectivity index (χ0n) is 13.1. The van der Waals surface area contributed by atoms with Gasteiger partial charge in [-0.15, -0.1) is 0 Å². The summed E-state index contributed by atoms with van der Waals surface area (Å²) in [6.45, 7) is 2.44. The fourth-order valence-electron chi connectivity index (χ4n) is 2.06. The van der Waals surface area contributed by atoms with Crippen molar-refractivity contribution in [1.29, 1.82) is 0 Å². The number of anilines is 1. The Morgan fingerprint density at radius 2 is 2.08 bits per heavy atom. The minimum atomic E-state index is -4.43. The summed E-state index contributed by atoms with van der Waals surface area (Å²) in [4.78, 5) is 0. The number of aryl methyl sites for hydroxylation is 2. The number of aromatic nitrogens is 2. The van der Waals surface area contributed by atoms with Crippen LogP contribution in [0.3, 0.4) is 0 Å². The molecular weight excluding hydrogens is 441 g/mol. The molecule has 4 nitrogen and oxygen atoms in total. The Morgan fingerprint density at radius 1 is 1.36 bits per heavy atom. The molecule has 0 atom stereocenters. The molecule has 0 amide bonds. The highest BCUT2D eigenvalue weighted by Crippen LogP contribution is 2.28. The second kappa shape index (κ2) is 8.37. The Hall–Kier alpha value is -1.32. The lowest BCUT2D eigenvalue weighted by Crippen LogP contribution is -2.30. The summed E-state index contributed by atoms with van der Waals surface area (Å²) in [6, 6.07) is 6.39. The third-order valence-electron chi connectivity index (χ3n) is 3.28. The molecule has 0 saturated carbocycles. The fraction of sp³-hybridized carbons (Fsp3) is 0.333. The number of benzene rings is 1. The predicted molar refractivity (Wildman–Crippen MR) is 100.0 cm³/mol. The van der Waals surface area contributed by atoms with Gasteiger partial charge in [-0.05, 0) is 49.8 Å². The van der Waals surface area contributed by atoms with Gasteiger partial charge in [0, 0.05) is 23.3 Å². The molecule has 2 aromatic rings. The second-order valence-corrected chi connectivity index (χ2v) is 6.98. The molecule has 0 radical (unpaired) electrons. The SMILES string of the molecule is Cc1cc(C(F)(F)F)nn1CCCNC(=S)Nc1ccc(Br)cc1Cl. The maximum atomic E-state index is 12.6. The highest BCUT2D eigenvalue weighted by Gasteiger charge is 2.34. The molecule has 2 N–H and O–H groups in total. The molecular formula is C15H15BrClF3N4S. The first kappa shape index (κ1) is 20.0. The van der Waals surface area contributed by atoms with Crippen LogP contribution in [0.4, 0.5) is 18.9 Å². The van der Waals surface area contributed by atoms with Crippen LogP contribution in [-0.2, 0) is 12.7 Å². The van der Waals surface area contributed by atoms with E-state index in [1.54, 1.807) is 19.1 Å². The van der Waals surface area contributed by atoms with E-state index in [1.807, 2.05) is 6.07 Å². The van der Waals surface area contributed by atoms with E-state index in [0.29, 0.717) is 41.0 Å². The Morgan fingerprint density at radius 3 is 2.68 bits per heavy atom. The van der Waals surface area contributed by atoms with Gasteiger partial charge in [0.1, 0.15) is 0 Å². The molecule has 0 saturated heterocycles. The maximum absolute atomic E-state index is 12.6. The molecule has 0 unspecified atom stereocenters. The number of alkyl halides is 3. The lowest BCUT2D eigenvalue weighted by molar-refractivity contribution is -0.141. The molecule has 0 bridgehead atoms. The van der Waals surface area contributed by atoms with Gasteiger partial charge >= 0.3 is 6.18 Å². The maximum Gasteiger partial charge on any atom is 0.435 e. The van der Waals surface area contributed by atoms with Crippen molar-refractivity contribution in [2.24, 2.45) is 0 Å². The van der Waals surface area contributed by atoms with E-state index in [0.717, 1.165) is 10.5 Å². The van der Waals surface area contributed by atoms with Crippen LogP contribution >= 0.6 is 39.7 Å². The van der Waals surface area contributed by atoms with E-state index < -0.39 is 11.9 Å². The Labute approximate surface area is 161 Å². The van der Waals surface area contributed by atoms with Crippen molar-refractivity contribution in [3.05, 3.63) is 45.1 Å². The zero-order chi connectivity index (χ0) is 18.6. The fourth-order valence-corrected chi connectivity index (χ4v) is 3.00. The molecule has 0 aliphatic heterocycles. The summed E-state index contributed by atoms with van der Waals surface area (Å²) >= 11 is 14.6. The molecule has 0 spiro atoms. The van der Waals surface area contributed by atoms with Gasteiger partial charge in [0.25, 0.3) is 0 Å². The lowest BCUT2D eigenvalue weighted by atomic mass is 10.3. The van der Waals surface area contributed by atoms with Crippen LogP contribution in [0.1, 0.15) is 17.8 Å². The van der Waals surface area contributed by atoms with Crippen LogP contribution in [-0.4, -0.2) is 21.4 Å². The topological polar surface area (TPSA) is 41.9 Å². The summed E-state index contributed by atoms with van der Waals surface area (Å²) in [5.41, 5.74) is 0.259. The average Bonchev–Trinajstić information content (AvgIpc) is 2.88. The molecule has 2 rings (SSSR count). The van der Waals surface area contributed by atoms with Crippen molar-refractivity contribution in [3.63, 3.8) is 0 Å². The van der Waals surface area contributed by atoms with Crippen LogP contribution in [0, 0.1) is 6.92 Å². The minimum Gasteiger partial charge on any atom is -0.362 e. The number of rotatable bonds is 5. The first-order valence-corrected chi connectivity index (χ1v) is 8.86. The molecule has 0 fully saturated rings. The molecule has 1 heterocycles. The standard InChI is InChI=1S/C15H15BrClF3N4S/c1-9-7-13(15(18,19)20)23-24(9)6-2-5-21-14(25)22-12-4-3-10(16)8-11(12)17/h3-4,7-8H,2,5-6H2,1H3,(H2,21,22,25). The first-order valence-electron chi connectivity index (χ1n) is 7.28. The Balaban J connectivity index is 1.79. The number of thiocarbonyl (C=S) groups is 1. The molecule has 0 aliphatic carbocycles. The Kier molecular flexibility index (Phi) is 6.70. The average molecular weight is 456 g/mol. The van der Waals surface area contributed by atoms with E-state index in [1.165, 1.54) is 4.68 Å². The lowest BCUT2D eigenvalue weighted by Gasteiger charge is -2.12. The number of nitrogens with one attached hydrogen (secondary N) is 2. The predicted octanol–water partition coefficient (Wildman–Crippen LogP) is 5.00. The largest absolute Gasteiger partial charge is 0.435 e. The quantitative estimate of drug-likeness (QED) is 0.492. The summed E-state index contributed by atoms with van der Waals surface area (Å²) in [5, 5.41) is 10.4. The van der Waals surface area contributed by atoms with Crippen molar-refractivity contribution >= 4 is 50.5 Å². The number of halogens is 5. The van der Waals surface area contributed by atoms with Gasteiger partial charge in [-0.2, -0.15) is 18.3 Å². The highest BCUT2D eigenvalue weighted by atomic mass is 79.9. The molecule has 10 heteroatoms. The first-order chi connectivity index (χ1) is 11.7. The Bertz CT molecular complexity index is 764. The summed E-state index contributed by atoms with van der Waals surface area (Å²) < 4.78 is 40.0. The monoisotopic (exact) mass is 454 g/mol. The van der Waals surface area contributed by atoms with Crippen molar-refractivity contribution in [2.45, 2.75) is 26.1 Å². The summed E-state index contributed by atoms with van der Waals surface area (Å²) in [6.07, 6.45) is -3.86.